The van der Waals surface area contributed by atoms with Crippen molar-refractivity contribution in [2.75, 3.05) is 0 Å². The van der Waals surface area contributed by atoms with Crippen LogP contribution in [-0.2, 0) is 6.54 Å². The molecule has 0 radical (unpaired) electrons. The van der Waals surface area contributed by atoms with Crippen LogP contribution in [0.2, 0.25) is 0 Å². The first-order valence-corrected chi connectivity index (χ1v) is 6.96. The zero-order chi connectivity index (χ0) is 14.5. The van der Waals surface area contributed by atoms with E-state index in [1.807, 2.05) is 73.8 Å². The van der Waals surface area contributed by atoms with Crippen LogP contribution in [0.5, 0.6) is 0 Å². The number of aliphatic imine (C=N–C) groups is 1. The zero-order valence-electron chi connectivity index (χ0n) is 11.8. The van der Waals surface area contributed by atoms with E-state index >= 15 is 0 Å². The molecule has 0 aliphatic heterocycles. The van der Waals surface area contributed by atoms with Crippen molar-refractivity contribution in [1.29, 1.82) is 0 Å². The Morgan fingerprint density at radius 2 is 1.67 bits per heavy atom. The molecule has 2 aromatic carbocycles. The standard InChI is InChI=1S/C17H16N4/c1-2-21-13-16(19-20-21)17(14-9-5-3-6-10-14)18-15-11-7-4-8-12-15/h3-13H,2H2,1H3. The maximum absolute atomic E-state index is 4.75. The molecule has 4 heteroatoms. The fourth-order valence-electron chi connectivity index (χ4n) is 2.06. The minimum atomic E-state index is 0.784. The summed E-state index contributed by atoms with van der Waals surface area (Å²) in [7, 11) is 0. The first-order valence-electron chi connectivity index (χ1n) is 6.96. The van der Waals surface area contributed by atoms with Gasteiger partial charge in [0.15, 0.2) is 0 Å². The van der Waals surface area contributed by atoms with Gasteiger partial charge in [-0.2, -0.15) is 0 Å². The van der Waals surface area contributed by atoms with Gasteiger partial charge in [-0.25, -0.2) is 4.99 Å². The lowest BCUT2D eigenvalue weighted by molar-refractivity contribution is 0.627. The van der Waals surface area contributed by atoms with Crippen molar-refractivity contribution in [3.05, 3.63) is 78.1 Å². The second-order valence-electron chi connectivity index (χ2n) is 4.62. The Morgan fingerprint density at radius 1 is 1.00 bits per heavy atom. The van der Waals surface area contributed by atoms with Gasteiger partial charge in [0.25, 0.3) is 0 Å². The molecule has 0 saturated carbocycles. The van der Waals surface area contributed by atoms with Gasteiger partial charge in [0, 0.05) is 12.1 Å². The van der Waals surface area contributed by atoms with Gasteiger partial charge < -0.3 is 0 Å². The summed E-state index contributed by atoms with van der Waals surface area (Å²) < 4.78 is 1.80. The van der Waals surface area contributed by atoms with Crippen LogP contribution in [-0.4, -0.2) is 20.7 Å². The lowest BCUT2D eigenvalue weighted by Crippen LogP contribution is -2.03. The number of benzene rings is 2. The van der Waals surface area contributed by atoms with Crippen molar-refractivity contribution in [1.82, 2.24) is 15.0 Å². The lowest BCUT2D eigenvalue weighted by Gasteiger charge is -2.03. The minimum Gasteiger partial charge on any atom is -0.252 e. The molecule has 0 aliphatic rings. The number of hydrogen-bond donors (Lipinski definition) is 0. The summed E-state index contributed by atoms with van der Waals surface area (Å²) in [6.45, 7) is 2.83. The Morgan fingerprint density at radius 3 is 2.29 bits per heavy atom. The molecule has 1 heterocycles. The molecule has 1 aromatic heterocycles. The molecule has 0 atom stereocenters. The van der Waals surface area contributed by atoms with Crippen LogP contribution in [0, 0.1) is 0 Å². The minimum absolute atomic E-state index is 0.784. The molecule has 104 valence electrons. The maximum Gasteiger partial charge on any atom is 0.132 e. The molecule has 21 heavy (non-hydrogen) atoms. The van der Waals surface area contributed by atoms with E-state index in [9.17, 15) is 0 Å². The van der Waals surface area contributed by atoms with Crippen molar-refractivity contribution in [3.63, 3.8) is 0 Å². The molecule has 0 N–H and O–H groups in total. The van der Waals surface area contributed by atoms with Gasteiger partial charge in [-0.15, -0.1) is 5.10 Å². The Balaban J connectivity index is 2.09. The topological polar surface area (TPSA) is 43.1 Å². The average Bonchev–Trinajstić information content (AvgIpc) is 3.03. The molecule has 3 rings (SSSR count). The van der Waals surface area contributed by atoms with Crippen LogP contribution < -0.4 is 0 Å². The first-order chi connectivity index (χ1) is 10.4. The summed E-state index contributed by atoms with van der Waals surface area (Å²) in [5, 5.41) is 8.35. The Bertz CT molecular complexity index is 730. The highest BCUT2D eigenvalue weighted by Crippen LogP contribution is 2.16. The van der Waals surface area contributed by atoms with Crippen molar-refractivity contribution in [2.45, 2.75) is 13.5 Å². The summed E-state index contributed by atoms with van der Waals surface area (Å²) in [5.74, 6) is 0. The smallest absolute Gasteiger partial charge is 0.132 e. The monoisotopic (exact) mass is 276 g/mol. The molecule has 0 bridgehead atoms. The highest BCUT2D eigenvalue weighted by Gasteiger charge is 2.11. The third kappa shape index (κ3) is 3.05. The van der Waals surface area contributed by atoms with Crippen LogP contribution in [0.25, 0.3) is 0 Å². The van der Waals surface area contributed by atoms with Crippen LogP contribution in [0.3, 0.4) is 0 Å². The number of aryl methyl sites for hydroxylation is 1. The van der Waals surface area contributed by atoms with Gasteiger partial charge in [0.1, 0.15) is 11.4 Å². The van der Waals surface area contributed by atoms with Gasteiger partial charge in [-0.05, 0) is 19.1 Å². The van der Waals surface area contributed by atoms with Crippen LogP contribution in [0.15, 0.2) is 71.9 Å². The van der Waals surface area contributed by atoms with E-state index in [4.69, 9.17) is 4.99 Å². The van der Waals surface area contributed by atoms with Crippen molar-refractivity contribution < 1.29 is 0 Å². The Kier molecular flexibility index (Phi) is 3.87. The predicted octanol–water partition coefficient (Wildman–Crippen LogP) is 3.47. The second kappa shape index (κ2) is 6.13. The van der Waals surface area contributed by atoms with Crippen LogP contribution in [0.1, 0.15) is 18.2 Å². The third-order valence-electron chi connectivity index (χ3n) is 3.15. The fourth-order valence-corrected chi connectivity index (χ4v) is 2.06. The van der Waals surface area contributed by atoms with E-state index in [-0.39, 0.29) is 0 Å². The van der Waals surface area contributed by atoms with Crippen molar-refractivity contribution >= 4 is 11.4 Å². The van der Waals surface area contributed by atoms with Gasteiger partial charge in [0.2, 0.25) is 0 Å². The Labute approximate surface area is 123 Å². The summed E-state index contributed by atoms with van der Waals surface area (Å²) in [6, 6.07) is 20.0. The number of para-hydroxylation sites is 1. The highest BCUT2D eigenvalue weighted by atomic mass is 15.4. The quantitative estimate of drug-likeness (QED) is 0.685. The van der Waals surface area contributed by atoms with E-state index in [0.29, 0.717) is 0 Å². The van der Waals surface area contributed by atoms with Crippen LogP contribution >= 0.6 is 0 Å². The molecule has 0 spiro atoms. The molecule has 0 aliphatic carbocycles. The third-order valence-corrected chi connectivity index (χ3v) is 3.15. The van der Waals surface area contributed by atoms with E-state index in [2.05, 4.69) is 10.3 Å². The summed E-state index contributed by atoms with van der Waals surface area (Å²) >= 11 is 0. The number of nitrogens with zero attached hydrogens (tertiary/aromatic N) is 4. The average molecular weight is 276 g/mol. The molecule has 0 amide bonds. The van der Waals surface area contributed by atoms with Crippen molar-refractivity contribution in [3.8, 4) is 0 Å². The maximum atomic E-state index is 4.75. The fraction of sp³-hybridized carbons (Fsp3) is 0.118. The zero-order valence-corrected chi connectivity index (χ0v) is 11.8. The molecule has 3 aromatic rings. The largest absolute Gasteiger partial charge is 0.252 e. The highest BCUT2D eigenvalue weighted by molar-refractivity contribution is 6.12. The van der Waals surface area contributed by atoms with Crippen LogP contribution in [0.4, 0.5) is 5.69 Å². The molecular formula is C17H16N4. The number of hydrogen-bond acceptors (Lipinski definition) is 3. The normalized spacial score (nSPS) is 11.6. The summed E-state index contributed by atoms with van der Waals surface area (Å²) in [6.07, 6.45) is 1.93. The van der Waals surface area contributed by atoms with Gasteiger partial charge in [0.05, 0.1) is 11.9 Å². The van der Waals surface area contributed by atoms with E-state index in [1.165, 1.54) is 0 Å². The van der Waals surface area contributed by atoms with E-state index < -0.39 is 0 Å². The van der Waals surface area contributed by atoms with Gasteiger partial charge in [-0.3, -0.25) is 4.68 Å². The molecule has 0 fully saturated rings. The summed E-state index contributed by atoms with van der Waals surface area (Å²) in [4.78, 5) is 4.75. The van der Waals surface area contributed by atoms with E-state index in [1.54, 1.807) is 4.68 Å². The van der Waals surface area contributed by atoms with Crippen molar-refractivity contribution in [2.24, 2.45) is 4.99 Å². The summed E-state index contributed by atoms with van der Waals surface area (Å²) in [5.41, 5.74) is 3.56. The number of rotatable bonds is 4. The Hall–Kier alpha value is -2.75. The molecule has 4 nitrogen and oxygen atoms in total. The lowest BCUT2D eigenvalue weighted by atomic mass is 10.1. The SMILES string of the molecule is CCn1cc(C(=Nc2ccccc2)c2ccccc2)nn1. The predicted molar refractivity (Wildman–Crippen MR) is 83.9 cm³/mol. The van der Waals surface area contributed by atoms with Gasteiger partial charge in [-0.1, -0.05) is 53.7 Å². The van der Waals surface area contributed by atoms with E-state index in [0.717, 1.165) is 29.2 Å². The number of aromatic nitrogens is 3. The first kappa shape index (κ1) is 13.2. The van der Waals surface area contributed by atoms with Gasteiger partial charge >= 0.3 is 0 Å². The molecular weight excluding hydrogens is 260 g/mol. The molecule has 0 saturated heterocycles. The molecule has 0 unspecified atom stereocenters. The second-order valence-corrected chi connectivity index (χ2v) is 4.62.